The number of amides is 1. The SMILES string of the molecule is CN1C(=O)[C@H](c2ccccc2)O[C@@H](c2ccc(Br)cc2)[C@H]1c1ccc(Br)cc1. The zero-order chi connectivity index (χ0) is 19.7. The van der Waals surface area contributed by atoms with E-state index in [1.165, 1.54) is 0 Å². The zero-order valence-corrected chi connectivity index (χ0v) is 18.4. The Kier molecular flexibility index (Phi) is 5.67. The first kappa shape index (κ1) is 19.4. The number of carbonyl (C=O) groups excluding carboxylic acids is 1. The first-order chi connectivity index (χ1) is 13.5. The number of halogens is 2. The number of hydrogen-bond donors (Lipinski definition) is 0. The Morgan fingerprint density at radius 2 is 1.29 bits per heavy atom. The zero-order valence-electron chi connectivity index (χ0n) is 15.3. The summed E-state index contributed by atoms with van der Waals surface area (Å²) in [6.07, 6.45) is -0.895. The van der Waals surface area contributed by atoms with Crippen LogP contribution in [-0.4, -0.2) is 17.9 Å². The van der Waals surface area contributed by atoms with E-state index in [0.29, 0.717) is 0 Å². The van der Waals surface area contributed by atoms with Crippen LogP contribution in [0, 0.1) is 0 Å². The summed E-state index contributed by atoms with van der Waals surface area (Å²) in [7, 11) is 1.86. The van der Waals surface area contributed by atoms with E-state index < -0.39 is 6.10 Å². The van der Waals surface area contributed by atoms with Crippen molar-refractivity contribution in [3.05, 3.63) is 104 Å². The molecule has 28 heavy (non-hydrogen) atoms. The van der Waals surface area contributed by atoms with Gasteiger partial charge in [-0.15, -0.1) is 0 Å². The van der Waals surface area contributed by atoms with Crippen molar-refractivity contribution >= 4 is 37.8 Å². The summed E-state index contributed by atoms with van der Waals surface area (Å²) in [4.78, 5) is 15.0. The number of benzene rings is 3. The topological polar surface area (TPSA) is 29.5 Å². The first-order valence-corrected chi connectivity index (χ1v) is 10.6. The van der Waals surface area contributed by atoms with Crippen LogP contribution >= 0.6 is 31.9 Å². The second-order valence-electron chi connectivity index (χ2n) is 6.84. The fourth-order valence-electron chi connectivity index (χ4n) is 3.63. The van der Waals surface area contributed by atoms with Crippen molar-refractivity contribution in [2.75, 3.05) is 7.05 Å². The number of morpholine rings is 1. The highest BCUT2D eigenvalue weighted by atomic mass is 79.9. The minimum absolute atomic E-state index is 0.0347. The number of hydrogen-bond acceptors (Lipinski definition) is 2. The average Bonchev–Trinajstić information content (AvgIpc) is 2.72. The van der Waals surface area contributed by atoms with Crippen molar-refractivity contribution in [1.82, 2.24) is 4.90 Å². The van der Waals surface area contributed by atoms with E-state index in [0.717, 1.165) is 25.6 Å². The van der Waals surface area contributed by atoms with Gasteiger partial charge >= 0.3 is 0 Å². The lowest BCUT2D eigenvalue weighted by Crippen LogP contribution is -2.45. The second-order valence-corrected chi connectivity index (χ2v) is 8.68. The number of nitrogens with zero attached hydrogens (tertiary/aromatic N) is 1. The van der Waals surface area contributed by atoms with Gasteiger partial charge in [-0.25, -0.2) is 0 Å². The van der Waals surface area contributed by atoms with Gasteiger partial charge in [-0.05, 0) is 41.0 Å². The van der Waals surface area contributed by atoms with E-state index in [-0.39, 0.29) is 18.1 Å². The number of ether oxygens (including phenoxy) is 1. The van der Waals surface area contributed by atoms with E-state index in [2.05, 4.69) is 31.9 Å². The van der Waals surface area contributed by atoms with Gasteiger partial charge in [-0.2, -0.15) is 0 Å². The van der Waals surface area contributed by atoms with E-state index in [4.69, 9.17) is 4.74 Å². The maximum atomic E-state index is 13.2. The van der Waals surface area contributed by atoms with Crippen molar-refractivity contribution in [2.24, 2.45) is 0 Å². The van der Waals surface area contributed by atoms with Crippen LogP contribution in [0.25, 0.3) is 0 Å². The van der Waals surface area contributed by atoms with Crippen molar-refractivity contribution in [2.45, 2.75) is 18.2 Å². The number of likely N-dealkylation sites (N-methyl/N-ethyl adjacent to an activating group) is 1. The molecule has 0 spiro atoms. The van der Waals surface area contributed by atoms with E-state index in [1.54, 1.807) is 0 Å². The van der Waals surface area contributed by atoms with Crippen LogP contribution in [0.2, 0.25) is 0 Å². The van der Waals surface area contributed by atoms with Crippen LogP contribution in [0.15, 0.2) is 87.8 Å². The van der Waals surface area contributed by atoms with Gasteiger partial charge in [0.25, 0.3) is 5.91 Å². The molecule has 0 unspecified atom stereocenters. The molecule has 1 aliphatic rings. The Morgan fingerprint density at radius 1 is 0.750 bits per heavy atom. The fourth-order valence-corrected chi connectivity index (χ4v) is 4.15. The molecule has 4 rings (SSSR count). The lowest BCUT2D eigenvalue weighted by molar-refractivity contribution is -0.172. The summed E-state index contributed by atoms with van der Waals surface area (Å²) in [5, 5.41) is 0. The Balaban J connectivity index is 1.78. The molecule has 0 bridgehead atoms. The normalized spacial score (nSPS) is 22.3. The molecule has 3 aromatic carbocycles. The maximum Gasteiger partial charge on any atom is 0.256 e. The smallest absolute Gasteiger partial charge is 0.256 e. The Morgan fingerprint density at radius 3 is 1.86 bits per heavy atom. The Labute approximate surface area is 181 Å². The second kappa shape index (κ2) is 8.19. The predicted octanol–water partition coefficient (Wildman–Crippen LogP) is 6.22. The van der Waals surface area contributed by atoms with Crippen molar-refractivity contribution in [1.29, 1.82) is 0 Å². The molecule has 142 valence electrons. The molecular weight excluding hydrogens is 482 g/mol. The summed E-state index contributed by atoms with van der Waals surface area (Å²) >= 11 is 6.98. The predicted molar refractivity (Wildman–Crippen MR) is 117 cm³/mol. The minimum Gasteiger partial charge on any atom is -0.353 e. The molecule has 0 aromatic heterocycles. The Hall–Kier alpha value is -1.95. The molecule has 0 saturated carbocycles. The molecule has 0 radical (unpaired) electrons. The molecule has 1 heterocycles. The monoisotopic (exact) mass is 499 g/mol. The highest BCUT2D eigenvalue weighted by Crippen LogP contribution is 2.45. The van der Waals surface area contributed by atoms with Crippen molar-refractivity contribution in [3.63, 3.8) is 0 Å². The molecule has 1 amide bonds. The molecular formula is C23H19Br2NO2. The summed E-state index contributed by atoms with van der Waals surface area (Å²) in [5.41, 5.74) is 2.95. The van der Waals surface area contributed by atoms with Gasteiger partial charge in [-0.1, -0.05) is 86.5 Å². The lowest BCUT2D eigenvalue weighted by atomic mass is 9.91. The highest BCUT2D eigenvalue weighted by molar-refractivity contribution is 9.10. The first-order valence-electron chi connectivity index (χ1n) is 9.02. The lowest BCUT2D eigenvalue weighted by Gasteiger charge is -2.43. The van der Waals surface area contributed by atoms with Crippen molar-refractivity contribution < 1.29 is 9.53 Å². The van der Waals surface area contributed by atoms with Gasteiger partial charge in [0.05, 0.1) is 6.04 Å². The van der Waals surface area contributed by atoms with Gasteiger partial charge in [0.15, 0.2) is 6.10 Å². The number of rotatable bonds is 3. The maximum absolute atomic E-state index is 13.2. The van der Waals surface area contributed by atoms with Gasteiger partial charge in [0.1, 0.15) is 6.10 Å². The number of carbonyl (C=O) groups is 1. The molecule has 3 atom stereocenters. The van der Waals surface area contributed by atoms with Crippen LogP contribution in [0.3, 0.4) is 0 Å². The molecule has 5 heteroatoms. The quantitative estimate of drug-likeness (QED) is 0.427. The third kappa shape index (κ3) is 3.79. The molecule has 3 nitrogen and oxygen atoms in total. The summed E-state index contributed by atoms with van der Waals surface area (Å²) < 4.78 is 8.47. The molecule has 0 N–H and O–H groups in total. The largest absolute Gasteiger partial charge is 0.353 e. The average molecular weight is 501 g/mol. The third-order valence-electron chi connectivity index (χ3n) is 5.07. The van der Waals surface area contributed by atoms with Crippen LogP contribution in [0.1, 0.15) is 34.9 Å². The standard InChI is InChI=1S/C23H19Br2NO2/c1-26-20(15-7-11-18(24)12-8-15)21(17-9-13-19(25)14-10-17)28-22(23(26)27)16-5-3-2-4-6-16/h2-14,20-22H,1H3/t20-,21+,22+/m1/s1. The molecule has 1 fully saturated rings. The third-order valence-corrected chi connectivity index (χ3v) is 6.13. The molecule has 0 aliphatic carbocycles. The van der Waals surface area contributed by atoms with Gasteiger partial charge < -0.3 is 9.64 Å². The minimum atomic E-state index is -0.619. The van der Waals surface area contributed by atoms with Crippen LogP contribution in [0.5, 0.6) is 0 Å². The van der Waals surface area contributed by atoms with Crippen molar-refractivity contribution in [3.8, 4) is 0 Å². The van der Waals surface area contributed by atoms with Crippen LogP contribution in [-0.2, 0) is 9.53 Å². The van der Waals surface area contributed by atoms with Crippen LogP contribution in [0.4, 0.5) is 0 Å². The summed E-state index contributed by atoms with van der Waals surface area (Å²) in [6.45, 7) is 0. The molecule has 1 aliphatic heterocycles. The Bertz CT molecular complexity index is 958. The van der Waals surface area contributed by atoms with E-state index in [9.17, 15) is 4.79 Å². The molecule has 1 saturated heterocycles. The van der Waals surface area contributed by atoms with Gasteiger partial charge in [0.2, 0.25) is 0 Å². The molecule has 3 aromatic rings. The van der Waals surface area contributed by atoms with Gasteiger partial charge in [-0.3, -0.25) is 4.79 Å². The van der Waals surface area contributed by atoms with E-state index >= 15 is 0 Å². The highest BCUT2D eigenvalue weighted by Gasteiger charge is 2.42. The summed E-state index contributed by atoms with van der Waals surface area (Å²) in [5.74, 6) is -0.0347. The van der Waals surface area contributed by atoms with Crippen LogP contribution < -0.4 is 0 Å². The summed E-state index contributed by atoms with van der Waals surface area (Å²) in [6, 6.07) is 25.7. The van der Waals surface area contributed by atoms with Gasteiger partial charge in [0, 0.05) is 16.0 Å². The fraction of sp³-hybridized carbons (Fsp3) is 0.174. The van der Waals surface area contributed by atoms with E-state index in [1.807, 2.05) is 90.8 Å².